The number of sulfone groups is 1. The zero-order valence-electron chi connectivity index (χ0n) is 12.4. The van der Waals surface area contributed by atoms with Gasteiger partial charge in [0.25, 0.3) is 0 Å². The summed E-state index contributed by atoms with van der Waals surface area (Å²) in [5.74, 6) is 0. The van der Waals surface area contributed by atoms with Gasteiger partial charge in [0.15, 0.2) is 0 Å². The Morgan fingerprint density at radius 2 is 1.83 bits per heavy atom. The van der Waals surface area contributed by atoms with Gasteiger partial charge in [0.2, 0.25) is 9.84 Å². The van der Waals surface area contributed by atoms with Gasteiger partial charge in [-0.3, -0.25) is 0 Å². The first-order chi connectivity index (χ1) is 11.0. The van der Waals surface area contributed by atoms with E-state index in [9.17, 15) is 8.42 Å². The van der Waals surface area contributed by atoms with Crippen LogP contribution >= 0.6 is 11.6 Å². The molecule has 4 nitrogen and oxygen atoms in total. The van der Waals surface area contributed by atoms with E-state index >= 15 is 0 Å². The maximum atomic E-state index is 12.9. The normalized spacial score (nSPS) is 11.9. The Morgan fingerprint density at radius 1 is 1.09 bits per heavy atom. The van der Waals surface area contributed by atoms with Crippen molar-refractivity contribution in [2.75, 3.05) is 6.54 Å². The van der Waals surface area contributed by atoms with Gasteiger partial charge in [0.1, 0.15) is 0 Å². The van der Waals surface area contributed by atoms with E-state index in [4.69, 9.17) is 17.3 Å². The molecule has 3 aromatic rings. The molecule has 6 heteroatoms. The van der Waals surface area contributed by atoms with E-state index in [1.807, 2.05) is 4.57 Å². The van der Waals surface area contributed by atoms with Crippen molar-refractivity contribution < 1.29 is 8.42 Å². The molecule has 0 saturated heterocycles. The van der Waals surface area contributed by atoms with E-state index in [2.05, 4.69) is 0 Å². The lowest BCUT2D eigenvalue weighted by atomic mass is 10.2. The molecule has 3 rings (SSSR count). The van der Waals surface area contributed by atoms with Gasteiger partial charge in [-0.1, -0.05) is 35.9 Å². The van der Waals surface area contributed by atoms with Gasteiger partial charge >= 0.3 is 0 Å². The highest BCUT2D eigenvalue weighted by molar-refractivity contribution is 7.91. The molecule has 0 unspecified atom stereocenters. The lowest BCUT2D eigenvalue weighted by molar-refractivity contribution is 0.595. The van der Waals surface area contributed by atoms with Gasteiger partial charge in [-0.25, -0.2) is 8.42 Å². The summed E-state index contributed by atoms with van der Waals surface area (Å²) >= 11 is 6.08. The van der Waals surface area contributed by atoms with Crippen molar-refractivity contribution in [3.63, 3.8) is 0 Å². The zero-order chi connectivity index (χ0) is 16.4. The first kappa shape index (κ1) is 16.1. The van der Waals surface area contributed by atoms with Crippen LogP contribution in [0.15, 0.2) is 64.5 Å². The number of aromatic nitrogens is 1. The summed E-state index contributed by atoms with van der Waals surface area (Å²) in [6.07, 6.45) is 2.44. The van der Waals surface area contributed by atoms with Gasteiger partial charge < -0.3 is 10.3 Å². The van der Waals surface area contributed by atoms with E-state index in [0.717, 1.165) is 11.9 Å². The standard InChI is InChI=1S/C17H17ClN2O2S/c18-13-7-8-15-16(11-13)20(10-4-9-19)12-17(15)23(21,22)14-5-2-1-3-6-14/h1-3,5-8,11-12H,4,9-10,19H2. The Labute approximate surface area is 140 Å². The highest BCUT2D eigenvalue weighted by Crippen LogP contribution is 2.31. The number of hydrogen-bond acceptors (Lipinski definition) is 3. The molecule has 0 atom stereocenters. The SMILES string of the molecule is NCCCn1cc(S(=O)(=O)c2ccccc2)c2ccc(Cl)cc21. The Hall–Kier alpha value is -1.82. The van der Waals surface area contributed by atoms with Gasteiger partial charge in [-0.15, -0.1) is 0 Å². The van der Waals surface area contributed by atoms with Crippen LogP contribution in [0, 0.1) is 0 Å². The first-order valence-electron chi connectivity index (χ1n) is 7.32. The largest absolute Gasteiger partial charge is 0.346 e. The highest BCUT2D eigenvalue weighted by Gasteiger charge is 2.23. The summed E-state index contributed by atoms with van der Waals surface area (Å²) in [6.45, 7) is 1.19. The second-order valence-electron chi connectivity index (χ2n) is 5.31. The number of halogens is 1. The van der Waals surface area contributed by atoms with E-state index in [0.29, 0.717) is 28.4 Å². The van der Waals surface area contributed by atoms with Crippen molar-refractivity contribution in [2.45, 2.75) is 22.8 Å². The van der Waals surface area contributed by atoms with Gasteiger partial charge in [0, 0.05) is 23.2 Å². The topological polar surface area (TPSA) is 65.1 Å². The molecule has 0 aliphatic rings. The molecule has 2 N–H and O–H groups in total. The molecule has 2 aromatic carbocycles. The molecule has 23 heavy (non-hydrogen) atoms. The Kier molecular flexibility index (Phi) is 4.43. The minimum Gasteiger partial charge on any atom is -0.346 e. The highest BCUT2D eigenvalue weighted by atomic mass is 35.5. The van der Waals surface area contributed by atoms with Crippen molar-refractivity contribution in [1.29, 1.82) is 0 Å². The van der Waals surface area contributed by atoms with Crippen LogP contribution < -0.4 is 5.73 Å². The van der Waals surface area contributed by atoms with Crippen LogP contribution in [0.25, 0.3) is 10.9 Å². The molecular formula is C17H17ClN2O2S. The zero-order valence-corrected chi connectivity index (χ0v) is 14.0. The van der Waals surface area contributed by atoms with Crippen molar-refractivity contribution >= 4 is 32.3 Å². The summed E-state index contributed by atoms with van der Waals surface area (Å²) < 4.78 is 27.8. The third-order valence-corrected chi connectivity index (χ3v) is 5.79. The molecule has 0 saturated carbocycles. The number of rotatable bonds is 5. The fraction of sp³-hybridized carbons (Fsp3) is 0.176. The van der Waals surface area contributed by atoms with Crippen LogP contribution in [-0.4, -0.2) is 19.5 Å². The molecule has 1 aromatic heterocycles. The number of benzene rings is 2. The van der Waals surface area contributed by atoms with Crippen molar-refractivity contribution in [2.24, 2.45) is 5.73 Å². The van der Waals surface area contributed by atoms with Crippen molar-refractivity contribution in [1.82, 2.24) is 4.57 Å². The number of hydrogen-bond donors (Lipinski definition) is 1. The van der Waals surface area contributed by atoms with Gasteiger partial charge in [-0.05, 0) is 37.2 Å². The predicted octanol–water partition coefficient (Wildman–Crippen LogP) is 3.48. The molecule has 0 aliphatic heterocycles. The Balaban J connectivity index is 2.22. The molecule has 0 radical (unpaired) electrons. The predicted molar refractivity (Wildman–Crippen MR) is 92.5 cm³/mol. The lowest BCUT2D eigenvalue weighted by Gasteiger charge is -2.03. The smallest absolute Gasteiger partial charge is 0.208 e. The molecule has 120 valence electrons. The van der Waals surface area contributed by atoms with Crippen LogP contribution in [0.3, 0.4) is 0 Å². The van der Waals surface area contributed by atoms with Gasteiger partial charge in [-0.2, -0.15) is 0 Å². The van der Waals surface area contributed by atoms with E-state index < -0.39 is 9.84 Å². The van der Waals surface area contributed by atoms with Crippen LogP contribution in [0.5, 0.6) is 0 Å². The average molecular weight is 349 g/mol. The number of nitrogens with zero attached hydrogens (tertiary/aromatic N) is 1. The Bertz CT molecular complexity index is 934. The van der Waals surface area contributed by atoms with Crippen LogP contribution in [0.4, 0.5) is 0 Å². The molecular weight excluding hydrogens is 332 g/mol. The summed E-state index contributed by atoms with van der Waals surface area (Å²) in [7, 11) is -3.58. The monoisotopic (exact) mass is 348 g/mol. The molecule has 0 amide bonds. The molecule has 0 spiro atoms. The number of aryl methyl sites for hydroxylation is 1. The summed E-state index contributed by atoms with van der Waals surface area (Å²) in [5.41, 5.74) is 6.38. The molecule has 1 heterocycles. The lowest BCUT2D eigenvalue weighted by Crippen LogP contribution is -2.05. The maximum Gasteiger partial charge on any atom is 0.208 e. The number of nitrogens with two attached hydrogens (primary N) is 1. The van der Waals surface area contributed by atoms with Crippen LogP contribution in [0.2, 0.25) is 5.02 Å². The minimum atomic E-state index is -3.58. The fourth-order valence-corrected chi connectivity index (χ4v) is 4.28. The summed E-state index contributed by atoms with van der Waals surface area (Å²) in [5, 5.41) is 1.25. The molecule has 0 aliphatic carbocycles. The molecule has 0 fully saturated rings. The average Bonchev–Trinajstić information content (AvgIpc) is 2.92. The fourth-order valence-electron chi connectivity index (χ4n) is 2.62. The summed E-state index contributed by atoms with van der Waals surface area (Å²) in [6, 6.07) is 13.7. The quantitative estimate of drug-likeness (QED) is 0.767. The third-order valence-electron chi connectivity index (χ3n) is 3.75. The second-order valence-corrected chi connectivity index (χ2v) is 7.66. The van der Waals surface area contributed by atoms with Gasteiger partial charge in [0.05, 0.1) is 15.3 Å². The van der Waals surface area contributed by atoms with E-state index in [-0.39, 0.29) is 4.90 Å². The van der Waals surface area contributed by atoms with Crippen LogP contribution in [-0.2, 0) is 16.4 Å². The van der Waals surface area contributed by atoms with Crippen LogP contribution in [0.1, 0.15) is 6.42 Å². The maximum absolute atomic E-state index is 12.9. The Morgan fingerprint density at radius 3 is 2.52 bits per heavy atom. The number of fused-ring (bicyclic) bond motifs is 1. The van der Waals surface area contributed by atoms with E-state index in [1.54, 1.807) is 54.7 Å². The van der Waals surface area contributed by atoms with Crippen molar-refractivity contribution in [3.05, 3.63) is 59.8 Å². The third kappa shape index (κ3) is 3.00. The first-order valence-corrected chi connectivity index (χ1v) is 9.19. The minimum absolute atomic E-state index is 0.285. The van der Waals surface area contributed by atoms with E-state index in [1.165, 1.54) is 0 Å². The molecule has 0 bridgehead atoms. The summed E-state index contributed by atoms with van der Waals surface area (Å²) in [4.78, 5) is 0.584. The van der Waals surface area contributed by atoms with Crippen molar-refractivity contribution in [3.8, 4) is 0 Å². The second kappa shape index (κ2) is 6.35.